The zero-order valence-corrected chi connectivity index (χ0v) is 4.62. The van der Waals surface area contributed by atoms with Crippen molar-refractivity contribution < 1.29 is 15.5 Å². The first-order valence-electron chi connectivity index (χ1n) is 0.948. The lowest BCUT2D eigenvalue weighted by atomic mass is 13.1. The summed E-state index contributed by atoms with van der Waals surface area (Å²) in [6, 6.07) is 0. The lowest BCUT2D eigenvalue weighted by Gasteiger charge is -1.56. The minimum absolute atomic E-state index is 0. The Morgan fingerprint density at radius 1 is 1.50 bits per heavy atom. The van der Waals surface area contributed by atoms with E-state index in [-0.39, 0.29) is 18.5 Å². The Bertz CT molecular complexity index is 57.1. The average molecular weight is 155 g/mol. The van der Waals surface area contributed by atoms with Crippen LogP contribution in [0.25, 0.3) is 0 Å². The van der Waals surface area contributed by atoms with Crippen molar-refractivity contribution in [3.63, 3.8) is 0 Å². The monoisotopic (exact) mass is 155 g/mol. The van der Waals surface area contributed by atoms with Gasteiger partial charge in [-0.2, -0.15) is 0 Å². The zero-order chi connectivity index (χ0) is 6.28. The molecule has 10 heavy (non-hydrogen) atoms. The molecule has 5 radical (unpaired) electrons. The number of rotatable bonds is 0. The molecule has 0 aliphatic heterocycles. The molecule has 0 bridgehead atoms. The molecule has 0 aromatic rings. The highest BCUT2D eigenvalue weighted by Crippen LogP contribution is 1.38. The van der Waals surface area contributed by atoms with E-state index in [1.165, 1.54) is 5.34 Å². The van der Waals surface area contributed by atoms with Gasteiger partial charge in [-0.1, -0.05) is 0 Å². The van der Waals surface area contributed by atoms with Gasteiger partial charge in [-0.15, -0.1) is 15.0 Å². The molecular formula is H5N5O5+3. The molecule has 5 N–H and O–H groups in total. The minimum atomic E-state index is -1.50. The van der Waals surface area contributed by atoms with Crippen molar-refractivity contribution in [1.29, 1.82) is 0 Å². The highest BCUT2D eigenvalue weighted by molar-refractivity contribution is 3.84. The molecule has 0 spiro atoms. The second kappa shape index (κ2) is 56.4. The van der Waals surface area contributed by atoms with Crippen molar-refractivity contribution in [3.05, 3.63) is 15.0 Å². The van der Waals surface area contributed by atoms with Crippen molar-refractivity contribution in [1.82, 2.24) is 18.5 Å². The summed E-state index contributed by atoms with van der Waals surface area (Å²) in [6.07, 6.45) is 0. The smallest absolute Gasteiger partial charge is 0.379 e. The molecule has 0 saturated heterocycles. The molecule has 0 rings (SSSR count). The van der Waals surface area contributed by atoms with Gasteiger partial charge in [-0.25, -0.2) is 0 Å². The molecule has 0 heterocycles. The zero-order valence-electron chi connectivity index (χ0n) is 4.62. The van der Waals surface area contributed by atoms with Crippen molar-refractivity contribution in [2.45, 2.75) is 0 Å². The maximum atomic E-state index is 8.36. The van der Waals surface area contributed by atoms with Gasteiger partial charge in [-0.05, 0) is 0 Å². The van der Waals surface area contributed by atoms with E-state index < -0.39 is 5.09 Å². The van der Waals surface area contributed by atoms with Crippen LogP contribution in [0.1, 0.15) is 0 Å². The van der Waals surface area contributed by atoms with Crippen LogP contribution in [0.2, 0.25) is 0 Å². The van der Waals surface area contributed by atoms with Crippen LogP contribution in [0.15, 0.2) is 5.34 Å². The molecule has 10 heteroatoms. The van der Waals surface area contributed by atoms with E-state index >= 15 is 0 Å². The van der Waals surface area contributed by atoms with E-state index in [2.05, 4.69) is 0 Å². The largest absolute Gasteiger partial charge is 3.00 e. The van der Waals surface area contributed by atoms with Crippen LogP contribution in [0.4, 0.5) is 0 Å². The highest BCUT2D eigenvalue weighted by atomic mass is 16.9. The fraction of sp³-hybridized carbons (Fsp3) is 0. The summed E-state index contributed by atoms with van der Waals surface area (Å²) in [7, 11) is 0. The predicted molar refractivity (Wildman–Crippen MR) is 25.7 cm³/mol. The summed E-state index contributed by atoms with van der Waals surface area (Å²) in [4.78, 5) is 16.5. The molecule has 0 aliphatic rings. The Hall–Kier alpha value is -1.77. The lowest BCUT2D eigenvalue weighted by molar-refractivity contribution is -0.742. The van der Waals surface area contributed by atoms with Crippen molar-refractivity contribution in [3.8, 4) is 0 Å². The third-order valence-electron chi connectivity index (χ3n) is 0. The quantitative estimate of drug-likeness (QED) is 0.226. The summed E-state index contributed by atoms with van der Waals surface area (Å²) in [6.45, 7) is 0. The molecule has 0 aromatic carbocycles. The fourth-order valence-electron chi connectivity index (χ4n) is 0. The summed E-state index contributed by atoms with van der Waals surface area (Å²) in [5.74, 6) is 0. The Morgan fingerprint density at radius 3 is 1.50 bits per heavy atom. The standard InChI is InChI=1S/HNO3.HNO2.H3N.2N/c2-1(3)4;2-1-3;;;/h(H,2,3,4);(H,2,3);1H3;;/q;;;;+3. The molecule has 0 aromatic heterocycles. The summed E-state index contributed by atoms with van der Waals surface area (Å²) in [5.41, 5.74) is 0. The molecule has 0 unspecified atom stereocenters. The van der Waals surface area contributed by atoms with Gasteiger partial charge < -0.3 is 16.6 Å². The van der Waals surface area contributed by atoms with Crippen LogP contribution in [0.3, 0.4) is 0 Å². The lowest BCUT2D eigenvalue weighted by Crippen LogP contribution is -1.81. The Morgan fingerprint density at radius 2 is 1.50 bits per heavy atom. The van der Waals surface area contributed by atoms with Gasteiger partial charge in [0.1, 0.15) is 0 Å². The molecule has 57 valence electrons. The Labute approximate surface area is 55.6 Å². The maximum Gasteiger partial charge on any atom is 3.00 e. The molecule has 10 nitrogen and oxygen atoms in total. The summed E-state index contributed by atoms with van der Waals surface area (Å²) >= 11 is 0. The molecule has 0 amide bonds. The van der Waals surface area contributed by atoms with Gasteiger partial charge in [0.25, 0.3) is 5.09 Å². The number of nitrogens with zero attached hydrogens (tertiary/aromatic N) is 4. The molecule has 0 fully saturated rings. The van der Waals surface area contributed by atoms with Gasteiger partial charge in [0.15, 0.2) is 5.34 Å². The molecular weight excluding hydrogens is 150 g/mol. The Balaban J connectivity index is -0.0000000131. The van der Waals surface area contributed by atoms with Crippen LogP contribution in [-0.4, -0.2) is 15.5 Å². The van der Waals surface area contributed by atoms with Gasteiger partial charge in [-0.3, -0.25) is 0 Å². The predicted octanol–water partition coefficient (Wildman–Crippen LogP) is -1.00. The van der Waals surface area contributed by atoms with Crippen molar-refractivity contribution in [2.75, 3.05) is 0 Å². The third-order valence-corrected chi connectivity index (χ3v) is 0. The minimum Gasteiger partial charge on any atom is -0.379 e. The van der Waals surface area contributed by atoms with Crippen LogP contribution >= 0.6 is 0 Å². The third kappa shape index (κ3) is 54.4. The van der Waals surface area contributed by atoms with E-state index in [0.717, 1.165) is 0 Å². The topological polar surface area (TPSA) is 209 Å². The van der Waals surface area contributed by atoms with Crippen LogP contribution in [0.5, 0.6) is 0 Å². The first kappa shape index (κ1) is 41.2. The van der Waals surface area contributed by atoms with E-state index in [1.807, 2.05) is 0 Å². The van der Waals surface area contributed by atoms with Gasteiger partial charge in [0, 0.05) is 6.15 Å². The second-order valence-corrected chi connectivity index (χ2v) is 0.319. The maximum absolute atomic E-state index is 8.36. The first-order chi connectivity index (χ1) is 3.15. The van der Waals surface area contributed by atoms with Crippen LogP contribution in [0, 0.1) is 15.0 Å². The highest BCUT2D eigenvalue weighted by Gasteiger charge is 3.00. The van der Waals surface area contributed by atoms with Gasteiger partial charge in [0.05, 0.1) is 0 Å². The molecule has 0 saturated carbocycles. The van der Waals surface area contributed by atoms with Gasteiger partial charge >= 0.3 is 6.15 Å². The Kier molecular flexibility index (Phi) is 233. The van der Waals surface area contributed by atoms with Gasteiger partial charge in [0.2, 0.25) is 0 Å². The normalized spacial score (nSPS) is 3.60. The number of hydrogen-bond donors (Lipinski definition) is 3. The van der Waals surface area contributed by atoms with Crippen LogP contribution in [-0.2, 0) is 0 Å². The van der Waals surface area contributed by atoms with E-state index in [9.17, 15) is 0 Å². The van der Waals surface area contributed by atoms with Crippen molar-refractivity contribution in [2.24, 2.45) is 5.34 Å². The second-order valence-electron chi connectivity index (χ2n) is 0.319. The summed E-state index contributed by atoms with van der Waals surface area (Å²) in [5, 5.41) is 21.5. The van der Waals surface area contributed by atoms with Crippen molar-refractivity contribution >= 4 is 0 Å². The molecule has 0 aliphatic carbocycles. The van der Waals surface area contributed by atoms with E-state index in [1.54, 1.807) is 0 Å². The van der Waals surface area contributed by atoms with E-state index in [0.29, 0.717) is 0 Å². The van der Waals surface area contributed by atoms with Crippen LogP contribution < -0.4 is 18.5 Å². The fourth-order valence-corrected chi connectivity index (χ4v) is 0. The molecule has 0 atom stereocenters. The SMILES string of the molecule is N.O=NO.O=[N+]([O-])O.[N+3].[N]. The number of hydrogen-bond acceptors (Lipinski definition) is 5. The summed E-state index contributed by atoms with van der Waals surface area (Å²) < 4.78 is 0. The first-order valence-corrected chi connectivity index (χ1v) is 0.948. The average Bonchev–Trinajstić information content (AvgIpc) is 1.33. The van der Waals surface area contributed by atoms with E-state index in [4.69, 9.17) is 25.4 Å².